The van der Waals surface area contributed by atoms with E-state index in [1.54, 1.807) is 6.07 Å². The van der Waals surface area contributed by atoms with Crippen molar-refractivity contribution in [3.63, 3.8) is 0 Å². The highest BCUT2D eigenvalue weighted by Gasteiger charge is 2.18. The van der Waals surface area contributed by atoms with Crippen molar-refractivity contribution in [1.82, 2.24) is 0 Å². The summed E-state index contributed by atoms with van der Waals surface area (Å²) in [4.78, 5) is 0. The molecule has 0 amide bonds. The van der Waals surface area contributed by atoms with Crippen molar-refractivity contribution in [2.75, 3.05) is 11.5 Å². The lowest BCUT2D eigenvalue weighted by molar-refractivity contribution is 0.139. The van der Waals surface area contributed by atoms with Crippen molar-refractivity contribution in [2.24, 2.45) is 5.92 Å². The molecule has 100 valence electrons. The molecule has 1 nitrogen and oxygen atoms in total. The van der Waals surface area contributed by atoms with Crippen LogP contribution in [0.25, 0.3) is 0 Å². The number of rotatable bonds is 4. The molecule has 0 aromatic heterocycles. The van der Waals surface area contributed by atoms with Crippen molar-refractivity contribution in [3.8, 4) is 0 Å². The third kappa shape index (κ3) is 4.34. The van der Waals surface area contributed by atoms with Crippen LogP contribution in [0.15, 0.2) is 18.2 Å². The Balaban J connectivity index is 1.85. The van der Waals surface area contributed by atoms with Crippen LogP contribution in [0.2, 0.25) is 10.0 Å². The molecule has 18 heavy (non-hydrogen) atoms. The topological polar surface area (TPSA) is 20.2 Å². The van der Waals surface area contributed by atoms with Crippen LogP contribution in [0.1, 0.15) is 24.8 Å². The van der Waals surface area contributed by atoms with Crippen molar-refractivity contribution in [1.29, 1.82) is 0 Å². The summed E-state index contributed by atoms with van der Waals surface area (Å²) in [6, 6.07) is 5.58. The van der Waals surface area contributed by atoms with Gasteiger partial charge >= 0.3 is 0 Å². The monoisotopic (exact) mass is 304 g/mol. The first-order valence-electron chi connectivity index (χ1n) is 6.35. The molecule has 1 fully saturated rings. The molecule has 1 aromatic carbocycles. The summed E-state index contributed by atoms with van der Waals surface area (Å²) in [6.45, 7) is 0. The van der Waals surface area contributed by atoms with Gasteiger partial charge in [0.1, 0.15) is 0 Å². The Hall–Kier alpha value is 0.110. The third-order valence-corrected chi connectivity index (χ3v) is 5.19. The summed E-state index contributed by atoms with van der Waals surface area (Å²) < 4.78 is 0. The van der Waals surface area contributed by atoms with Gasteiger partial charge in [-0.25, -0.2) is 0 Å². The van der Waals surface area contributed by atoms with Gasteiger partial charge in [-0.3, -0.25) is 0 Å². The van der Waals surface area contributed by atoms with E-state index in [4.69, 9.17) is 23.2 Å². The van der Waals surface area contributed by atoms with Gasteiger partial charge in [-0.1, -0.05) is 29.3 Å². The fraction of sp³-hybridized carbons (Fsp3) is 0.571. The van der Waals surface area contributed by atoms with Gasteiger partial charge in [0.25, 0.3) is 0 Å². The summed E-state index contributed by atoms with van der Waals surface area (Å²) in [6.07, 6.45) is 3.78. The zero-order valence-corrected chi connectivity index (χ0v) is 12.6. The van der Waals surface area contributed by atoms with Crippen molar-refractivity contribution < 1.29 is 5.11 Å². The van der Waals surface area contributed by atoms with Crippen LogP contribution in [-0.4, -0.2) is 22.7 Å². The van der Waals surface area contributed by atoms with E-state index in [-0.39, 0.29) is 6.10 Å². The van der Waals surface area contributed by atoms with Gasteiger partial charge in [0, 0.05) is 0 Å². The van der Waals surface area contributed by atoms with Gasteiger partial charge in [-0.2, -0.15) is 11.8 Å². The third-order valence-electron chi connectivity index (χ3n) is 3.40. The number of hydrogen-bond donors (Lipinski definition) is 1. The second-order valence-electron chi connectivity index (χ2n) is 4.90. The Bertz CT molecular complexity index is 391. The molecule has 2 rings (SSSR count). The molecule has 0 saturated carbocycles. The molecule has 1 aliphatic rings. The smallest absolute Gasteiger partial charge is 0.0595 e. The zero-order valence-electron chi connectivity index (χ0n) is 10.2. The Morgan fingerprint density at radius 1 is 1.22 bits per heavy atom. The van der Waals surface area contributed by atoms with Gasteiger partial charge in [-0.05, 0) is 60.8 Å². The standard InChI is InChI=1S/C14H18Cl2OS/c15-13-2-1-11(9-14(13)16)8-12(17)7-10-3-5-18-6-4-10/h1-2,9-10,12,17H,3-8H2. The van der Waals surface area contributed by atoms with Gasteiger partial charge in [0.15, 0.2) is 0 Å². The van der Waals surface area contributed by atoms with Crippen LogP contribution in [0, 0.1) is 5.92 Å². The zero-order chi connectivity index (χ0) is 13.0. The quantitative estimate of drug-likeness (QED) is 0.888. The van der Waals surface area contributed by atoms with E-state index in [2.05, 4.69) is 0 Å². The Morgan fingerprint density at radius 2 is 1.94 bits per heavy atom. The Labute approximate surface area is 123 Å². The molecule has 1 aliphatic heterocycles. The average Bonchev–Trinajstić information content (AvgIpc) is 2.35. The van der Waals surface area contributed by atoms with E-state index in [0.29, 0.717) is 22.4 Å². The summed E-state index contributed by atoms with van der Waals surface area (Å²) in [5, 5.41) is 11.3. The number of aliphatic hydroxyl groups excluding tert-OH is 1. The summed E-state index contributed by atoms with van der Waals surface area (Å²) >= 11 is 13.9. The van der Waals surface area contributed by atoms with Crippen LogP contribution in [-0.2, 0) is 6.42 Å². The van der Waals surface area contributed by atoms with E-state index < -0.39 is 0 Å². The largest absolute Gasteiger partial charge is 0.393 e. The first-order chi connectivity index (χ1) is 8.65. The molecular weight excluding hydrogens is 287 g/mol. The summed E-state index contributed by atoms with van der Waals surface area (Å²) in [5.74, 6) is 3.16. The van der Waals surface area contributed by atoms with Gasteiger partial charge in [-0.15, -0.1) is 0 Å². The lowest BCUT2D eigenvalue weighted by atomic mass is 9.93. The van der Waals surface area contributed by atoms with E-state index >= 15 is 0 Å². The SMILES string of the molecule is OC(Cc1ccc(Cl)c(Cl)c1)CC1CCSCC1. The van der Waals surface area contributed by atoms with Crippen LogP contribution in [0.5, 0.6) is 0 Å². The number of hydrogen-bond acceptors (Lipinski definition) is 2. The number of halogens is 2. The molecule has 1 heterocycles. The van der Waals surface area contributed by atoms with Gasteiger partial charge < -0.3 is 5.11 Å². The highest BCUT2D eigenvalue weighted by molar-refractivity contribution is 7.99. The molecule has 0 spiro atoms. The Morgan fingerprint density at radius 3 is 2.61 bits per heavy atom. The van der Waals surface area contributed by atoms with E-state index in [1.165, 1.54) is 24.3 Å². The minimum absolute atomic E-state index is 0.268. The fourth-order valence-corrected chi connectivity index (χ4v) is 3.91. The molecule has 1 unspecified atom stereocenters. The molecule has 4 heteroatoms. The summed E-state index contributed by atoms with van der Waals surface area (Å²) in [5.41, 5.74) is 1.06. The minimum Gasteiger partial charge on any atom is -0.393 e. The van der Waals surface area contributed by atoms with E-state index in [1.807, 2.05) is 23.9 Å². The van der Waals surface area contributed by atoms with Crippen LogP contribution >= 0.6 is 35.0 Å². The van der Waals surface area contributed by atoms with Crippen molar-refractivity contribution in [3.05, 3.63) is 33.8 Å². The van der Waals surface area contributed by atoms with Crippen LogP contribution in [0.4, 0.5) is 0 Å². The van der Waals surface area contributed by atoms with Crippen molar-refractivity contribution >= 4 is 35.0 Å². The first kappa shape index (κ1) is 14.5. The molecule has 0 radical (unpaired) electrons. The molecular formula is C14H18Cl2OS. The molecule has 1 atom stereocenters. The normalized spacial score (nSPS) is 18.8. The second-order valence-corrected chi connectivity index (χ2v) is 6.94. The maximum absolute atomic E-state index is 10.1. The van der Waals surface area contributed by atoms with Crippen LogP contribution in [0.3, 0.4) is 0 Å². The van der Waals surface area contributed by atoms with E-state index in [0.717, 1.165) is 12.0 Å². The highest BCUT2D eigenvalue weighted by Crippen LogP contribution is 2.28. The maximum Gasteiger partial charge on any atom is 0.0595 e. The van der Waals surface area contributed by atoms with Gasteiger partial charge in [0.05, 0.1) is 16.1 Å². The van der Waals surface area contributed by atoms with E-state index in [9.17, 15) is 5.11 Å². The second kappa shape index (κ2) is 7.04. The molecule has 1 saturated heterocycles. The number of thioether (sulfide) groups is 1. The maximum atomic E-state index is 10.1. The number of benzene rings is 1. The minimum atomic E-state index is -0.268. The lowest BCUT2D eigenvalue weighted by Crippen LogP contribution is -2.19. The predicted octanol–water partition coefficient (Wildman–Crippen LogP) is 4.43. The van der Waals surface area contributed by atoms with Crippen LogP contribution < -0.4 is 0 Å². The predicted molar refractivity (Wildman–Crippen MR) is 80.8 cm³/mol. The molecule has 1 N–H and O–H groups in total. The average molecular weight is 305 g/mol. The van der Waals surface area contributed by atoms with Crippen molar-refractivity contribution in [2.45, 2.75) is 31.8 Å². The first-order valence-corrected chi connectivity index (χ1v) is 8.26. The molecule has 0 bridgehead atoms. The molecule has 0 aliphatic carbocycles. The summed E-state index contributed by atoms with van der Waals surface area (Å²) in [7, 11) is 0. The lowest BCUT2D eigenvalue weighted by Gasteiger charge is -2.23. The van der Waals surface area contributed by atoms with Gasteiger partial charge in [0.2, 0.25) is 0 Å². The Kier molecular flexibility index (Phi) is 5.68. The molecule has 1 aromatic rings. The fourth-order valence-electron chi connectivity index (χ4n) is 2.39. The number of aliphatic hydroxyl groups is 1. The highest BCUT2D eigenvalue weighted by atomic mass is 35.5.